The zero-order chi connectivity index (χ0) is 13.9. The molecule has 0 aliphatic heterocycles. The van der Waals surface area contributed by atoms with Gasteiger partial charge in [-0.1, -0.05) is 36.0 Å². The second kappa shape index (κ2) is 5.58. The Hall–Kier alpha value is -1.95. The molecular formula is C14H15N5S. The highest BCUT2D eigenvalue weighted by Gasteiger charge is 2.11. The van der Waals surface area contributed by atoms with Crippen LogP contribution in [0.1, 0.15) is 25.5 Å². The summed E-state index contributed by atoms with van der Waals surface area (Å²) in [7, 11) is 0. The van der Waals surface area contributed by atoms with Crippen LogP contribution in [-0.2, 0) is 5.75 Å². The SMILES string of the molecule is CC(C)n1nnnc1SCc1cccc2cccnc12. The first-order chi connectivity index (χ1) is 9.75. The molecule has 0 aliphatic rings. The molecule has 0 aliphatic carbocycles. The fourth-order valence-electron chi connectivity index (χ4n) is 2.03. The summed E-state index contributed by atoms with van der Waals surface area (Å²) in [6, 6.07) is 10.5. The number of aromatic nitrogens is 5. The predicted molar refractivity (Wildman–Crippen MR) is 79.5 cm³/mol. The van der Waals surface area contributed by atoms with E-state index in [1.54, 1.807) is 11.8 Å². The quantitative estimate of drug-likeness (QED) is 0.689. The van der Waals surface area contributed by atoms with Crippen LogP contribution >= 0.6 is 11.8 Å². The van der Waals surface area contributed by atoms with Crippen molar-refractivity contribution in [2.24, 2.45) is 0 Å². The summed E-state index contributed by atoms with van der Waals surface area (Å²) in [4.78, 5) is 4.47. The molecule has 0 bridgehead atoms. The van der Waals surface area contributed by atoms with E-state index in [9.17, 15) is 0 Å². The van der Waals surface area contributed by atoms with Crippen LogP contribution in [0.25, 0.3) is 10.9 Å². The van der Waals surface area contributed by atoms with Crippen molar-refractivity contribution in [3.05, 3.63) is 42.1 Å². The highest BCUT2D eigenvalue weighted by atomic mass is 32.2. The molecule has 0 unspecified atom stereocenters. The molecule has 0 saturated heterocycles. The first-order valence-corrected chi connectivity index (χ1v) is 7.47. The molecule has 1 aromatic carbocycles. The van der Waals surface area contributed by atoms with Crippen LogP contribution in [0.4, 0.5) is 0 Å². The maximum atomic E-state index is 4.47. The van der Waals surface area contributed by atoms with E-state index in [1.807, 2.05) is 16.9 Å². The Morgan fingerprint density at radius 3 is 2.90 bits per heavy atom. The van der Waals surface area contributed by atoms with Gasteiger partial charge in [-0.05, 0) is 35.9 Å². The third-order valence-corrected chi connectivity index (χ3v) is 4.01. The van der Waals surface area contributed by atoms with Crippen molar-refractivity contribution in [3.8, 4) is 0 Å². The Morgan fingerprint density at radius 1 is 1.20 bits per heavy atom. The van der Waals surface area contributed by atoms with E-state index in [-0.39, 0.29) is 6.04 Å². The van der Waals surface area contributed by atoms with Crippen LogP contribution < -0.4 is 0 Å². The van der Waals surface area contributed by atoms with Crippen LogP contribution in [0.2, 0.25) is 0 Å². The lowest BCUT2D eigenvalue weighted by Crippen LogP contribution is -2.04. The summed E-state index contributed by atoms with van der Waals surface area (Å²) >= 11 is 1.64. The van der Waals surface area contributed by atoms with Crippen LogP contribution in [0.15, 0.2) is 41.7 Å². The van der Waals surface area contributed by atoms with Gasteiger partial charge in [0.2, 0.25) is 5.16 Å². The molecule has 0 fully saturated rings. The van der Waals surface area contributed by atoms with Crippen LogP contribution in [0, 0.1) is 0 Å². The number of para-hydroxylation sites is 1. The minimum absolute atomic E-state index is 0.262. The first kappa shape index (κ1) is 13.1. The fourth-order valence-corrected chi connectivity index (χ4v) is 3.02. The van der Waals surface area contributed by atoms with Crippen molar-refractivity contribution in [1.82, 2.24) is 25.2 Å². The highest BCUT2D eigenvalue weighted by molar-refractivity contribution is 7.98. The molecule has 0 amide bonds. The van der Waals surface area contributed by atoms with E-state index in [0.717, 1.165) is 21.8 Å². The maximum absolute atomic E-state index is 4.47. The number of hydrogen-bond donors (Lipinski definition) is 0. The van der Waals surface area contributed by atoms with Gasteiger partial charge in [0, 0.05) is 17.3 Å². The number of thioether (sulfide) groups is 1. The summed E-state index contributed by atoms with van der Waals surface area (Å²) < 4.78 is 1.84. The number of tetrazole rings is 1. The van der Waals surface area contributed by atoms with E-state index in [0.29, 0.717) is 0 Å². The van der Waals surface area contributed by atoms with Gasteiger partial charge < -0.3 is 0 Å². The topological polar surface area (TPSA) is 56.5 Å². The largest absolute Gasteiger partial charge is 0.256 e. The van der Waals surface area contributed by atoms with Crippen molar-refractivity contribution < 1.29 is 0 Å². The molecule has 20 heavy (non-hydrogen) atoms. The Balaban J connectivity index is 1.85. The number of rotatable bonds is 4. The third-order valence-electron chi connectivity index (χ3n) is 3.02. The first-order valence-electron chi connectivity index (χ1n) is 6.49. The lowest BCUT2D eigenvalue weighted by atomic mass is 10.1. The maximum Gasteiger partial charge on any atom is 0.209 e. The van der Waals surface area contributed by atoms with Crippen molar-refractivity contribution in [2.45, 2.75) is 30.8 Å². The number of pyridine rings is 1. The minimum atomic E-state index is 0.262. The highest BCUT2D eigenvalue weighted by Crippen LogP contribution is 2.25. The molecule has 5 nitrogen and oxygen atoms in total. The van der Waals surface area contributed by atoms with Gasteiger partial charge in [0.15, 0.2) is 0 Å². The van der Waals surface area contributed by atoms with Crippen molar-refractivity contribution >= 4 is 22.7 Å². The molecule has 2 aromatic heterocycles. The van der Waals surface area contributed by atoms with Gasteiger partial charge >= 0.3 is 0 Å². The lowest BCUT2D eigenvalue weighted by molar-refractivity contribution is 0.477. The van der Waals surface area contributed by atoms with Gasteiger partial charge in [0.1, 0.15) is 0 Å². The van der Waals surface area contributed by atoms with E-state index in [4.69, 9.17) is 0 Å². The van der Waals surface area contributed by atoms with Gasteiger partial charge in [-0.2, -0.15) is 0 Å². The Kier molecular flexibility index (Phi) is 3.64. The molecule has 6 heteroatoms. The standard InChI is InChI=1S/C14H15N5S/c1-10(2)19-14(16-17-18-19)20-9-12-6-3-5-11-7-4-8-15-13(11)12/h3-8,10H,9H2,1-2H3. The summed E-state index contributed by atoms with van der Waals surface area (Å²) in [5.74, 6) is 0.807. The van der Waals surface area contributed by atoms with E-state index in [2.05, 4.69) is 58.6 Å². The Labute approximate surface area is 121 Å². The molecule has 3 aromatic rings. The normalized spacial score (nSPS) is 11.3. The third kappa shape index (κ3) is 2.51. The molecule has 0 atom stereocenters. The number of hydrogen-bond acceptors (Lipinski definition) is 5. The summed E-state index contributed by atoms with van der Waals surface area (Å²) in [5, 5.41) is 13.8. The average Bonchev–Trinajstić information content (AvgIpc) is 2.93. The van der Waals surface area contributed by atoms with E-state index < -0.39 is 0 Å². The summed E-state index contributed by atoms with van der Waals surface area (Å²) in [5.41, 5.74) is 2.25. The molecule has 0 saturated carbocycles. The van der Waals surface area contributed by atoms with E-state index in [1.165, 1.54) is 5.56 Å². The second-order valence-corrected chi connectivity index (χ2v) is 5.72. The minimum Gasteiger partial charge on any atom is -0.256 e. The zero-order valence-corrected chi connectivity index (χ0v) is 12.2. The molecule has 102 valence electrons. The van der Waals surface area contributed by atoms with Crippen LogP contribution in [-0.4, -0.2) is 25.2 Å². The average molecular weight is 285 g/mol. The fraction of sp³-hybridized carbons (Fsp3) is 0.286. The Bertz CT molecular complexity index is 717. The molecule has 0 spiro atoms. The number of nitrogens with zero attached hydrogens (tertiary/aromatic N) is 5. The molecule has 0 radical (unpaired) electrons. The van der Waals surface area contributed by atoms with Gasteiger partial charge in [0.05, 0.1) is 11.6 Å². The lowest BCUT2D eigenvalue weighted by Gasteiger charge is -2.08. The van der Waals surface area contributed by atoms with Crippen LogP contribution in [0.3, 0.4) is 0 Å². The molecule has 3 rings (SSSR count). The van der Waals surface area contributed by atoms with Gasteiger partial charge in [-0.15, -0.1) is 5.10 Å². The van der Waals surface area contributed by atoms with Crippen LogP contribution in [0.5, 0.6) is 0 Å². The second-order valence-electron chi connectivity index (χ2n) is 4.78. The smallest absolute Gasteiger partial charge is 0.209 e. The summed E-state index contributed by atoms with van der Waals surface area (Å²) in [6.07, 6.45) is 1.83. The Morgan fingerprint density at radius 2 is 2.05 bits per heavy atom. The predicted octanol–water partition coefficient (Wildman–Crippen LogP) is 3.09. The monoisotopic (exact) mass is 285 g/mol. The van der Waals surface area contributed by atoms with Gasteiger partial charge in [-0.3, -0.25) is 4.98 Å². The van der Waals surface area contributed by atoms with Gasteiger partial charge in [-0.25, -0.2) is 4.68 Å². The van der Waals surface area contributed by atoms with Gasteiger partial charge in [0.25, 0.3) is 0 Å². The summed E-state index contributed by atoms with van der Waals surface area (Å²) in [6.45, 7) is 4.14. The van der Waals surface area contributed by atoms with Crippen molar-refractivity contribution in [3.63, 3.8) is 0 Å². The molecule has 2 heterocycles. The number of fused-ring (bicyclic) bond motifs is 1. The zero-order valence-electron chi connectivity index (χ0n) is 11.4. The molecular weight excluding hydrogens is 270 g/mol. The molecule has 0 N–H and O–H groups in total. The number of benzene rings is 1. The van der Waals surface area contributed by atoms with E-state index >= 15 is 0 Å². The van der Waals surface area contributed by atoms with Crippen molar-refractivity contribution in [2.75, 3.05) is 0 Å². The van der Waals surface area contributed by atoms with Crippen molar-refractivity contribution in [1.29, 1.82) is 0 Å².